The van der Waals surface area contributed by atoms with Crippen molar-refractivity contribution in [3.05, 3.63) is 34.2 Å². The van der Waals surface area contributed by atoms with Gasteiger partial charge in [0.25, 0.3) is 0 Å². The van der Waals surface area contributed by atoms with Crippen molar-refractivity contribution < 1.29 is 0 Å². The molecule has 0 fully saturated rings. The number of hydrogen-bond acceptors (Lipinski definition) is 2. The van der Waals surface area contributed by atoms with Gasteiger partial charge in [0.15, 0.2) is 0 Å². The summed E-state index contributed by atoms with van der Waals surface area (Å²) in [5, 5.41) is 0. The lowest BCUT2D eigenvalue weighted by Gasteiger charge is -2.00. The molecule has 0 amide bonds. The van der Waals surface area contributed by atoms with Crippen molar-refractivity contribution >= 4 is 11.0 Å². The van der Waals surface area contributed by atoms with E-state index in [9.17, 15) is 4.79 Å². The smallest absolute Gasteiger partial charge is 0.326 e. The van der Waals surface area contributed by atoms with Gasteiger partial charge in [0.1, 0.15) is 0 Å². The van der Waals surface area contributed by atoms with Gasteiger partial charge in [-0.1, -0.05) is 26.0 Å². The van der Waals surface area contributed by atoms with Crippen LogP contribution < -0.4 is 11.4 Å². The molecule has 0 saturated heterocycles. The standard InChI is InChI=1S/C11H12N2O.C3H9N/c14-11-12-9-6-3-5-8-4-1-2-7-13(11)10(8)9;1-3(2)4/h3,5-6H,1-2,4,7H2,(H,12,14);3H,4H2,1-2H3. The molecule has 4 nitrogen and oxygen atoms in total. The fourth-order valence-corrected chi connectivity index (χ4v) is 2.30. The number of nitrogens with one attached hydrogen (secondary N) is 1. The number of aromatic nitrogens is 2. The van der Waals surface area contributed by atoms with Gasteiger partial charge in [-0.25, -0.2) is 4.79 Å². The fourth-order valence-electron chi connectivity index (χ4n) is 2.30. The third-order valence-electron chi connectivity index (χ3n) is 2.95. The molecule has 18 heavy (non-hydrogen) atoms. The van der Waals surface area contributed by atoms with Crippen molar-refractivity contribution in [3.63, 3.8) is 0 Å². The fraction of sp³-hybridized carbons (Fsp3) is 0.500. The van der Waals surface area contributed by atoms with Gasteiger partial charge in [0.2, 0.25) is 0 Å². The Morgan fingerprint density at radius 3 is 2.78 bits per heavy atom. The molecule has 1 aromatic carbocycles. The van der Waals surface area contributed by atoms with Crippen molar-refractivity contribution in [3.8, 4) is 0 Å². The summed E-state index contributed by atoms with van der Waals surface area (Å²) in [6.45, 7) is 4.75. The molecule has 3 N–H and O–H groups in total. The van der Waals surface area contributed by atoms with E-state index in [1.165, 1.54) is 12.0 Å². The third-order valence-corrected chi connectivity index (χ3v) is 2.95. The van der Waals surface area contributed by atoms with Crippen molar-refractivity contribution in [1.82, 2.24) is 9.55 Å². The first-order chi connectivity index (χ1) is 8.59. The van der Waals surface area contributed by atoms with Gasteiger partial charge < -0.3 is 10.7 Å². The number of aromatic amines is 1. The highest BCUT2D eigenvalue weighted by Crippen LogP contribution is 2.21. The summed E-state index contributed by atoms with van der Waals surface area (Å²) in [7, 11) is 0. The first-order valence-electron chi connectivity index (χ1n) is 6.55. The van der Waals surface area contributed by atoms with Crippen LogP contribution in [0.15, 0.2) is 23.0 Å². The summed E-state index contributed by atoms with van der Waals surface area (Å²) in [5.41, 5.74) is 8.55. The van der Waals surface area contributed by atoms with Crippen molar-refractivity contribution in [2.45, 2.75) is 45.7 Å². The van der Waals surface area contributed by atoms with E-state index < -0.39 is 0 Å². The number of nitrogens with two attached hydrogens (primary N) is 1. The Balaban J connectivity index is 0.000000267. The van der Waals surface area contributed by atoms with Crippen molar-refractivity contribution in [2.75, 3.05) is 0 Å². The second-order valence-corrected chi connectivity index (χ2v) is 5.10. The molecule has 4 heteroatoms. The Kier molecular flexibility index (Phi) is 3.87. The van der Waals surface area contributed by atoms with E-state index in [2.05, 4.69) is 11.1 Å². The second kappa shape index (κ2) is 5.40. The van der Waals surface area contributed by atoms with Gasteiger partial charge >= 0.3 is 5.69 Å². The van der Waals surface area contributed by atoms with Crippen LogP contribution in [0.1, 0.15) is 32.3 Å². The van der Waals surface area contributed by atoms with Crippen LogP contribution in [0.2, 0.25) is 0 Å². The molecule has 0 spiro atoms. The zero-order valence-corrected chi connectivity index (χ0v) is 11.1. The Bertz CT molecular complexity index is 577. The maximum atomic E-state index is 11.6. The summed E-state index contributed by atoms with van der Waals surface area (Å²) in [6, 6.07) is 6.45. The number of imidazole rings is 1. The number of para-hydroxylation sites is 1. The zero-order valence-electron chi connectivity index (χ0n) is 11.1. The predicted octanol–water partition coefficient (Wildman–Crippen LogP) is 2.02. The minimum absolute atomic E-state index is 0.0364. The quantitative estimate of drug-likeness (QED) is 0.748. The summed E-state index contributed by atoms with van der Waals surface area (Å²) < 4.78 is 1.87. The molecular weight excluding hydrogens is 226 g/mol. The number of hydrogen-bond donors (Lipinski definition) is 2. The molecule has 0 aliphatic carbocycles. The molecule has 2 heterocycles. The number of aryl methyl sites for hydroxylation is 2. The first kappa shape index (κ1) is 12.9. The van der Waals surface area contributed by atoms with Crippen LogP contribution in [0.4, 0.5) is 0 Å². The average Bonchev–Trinajstić information content (AvgIpc) is 2.48. The minimum Gasteiger partial charge on any atom is -0.328 e. The van der Waals surface area contributed by atoms with Gasteiger partial charge in [-0.2, -0.15) is 0 Å². The van der Waals surface area contributed by atoms with Crippen LogP contribution in [0, 0.1) is 0 Å². The summed E-state index contributed by atoms with van der Waals surface area (Å²) in [6.07, 6.45) is 3.37. The predicted molar refractivity (Wildman–Crippen MR) is 74.8 cm³/mol. The third kappa shape index (κ3) is 2.64. The SMILES string of the molecule is CC(C)N.O=c1[nH]c2cccc3c2n1CCCC3. The van der Waals surface area contributed by atoms with Crippen LogP contribution in [-0.4, -0.2) is 15.6 Å². The molecule has 2 aromatic rings. The molecule has 0 radical (unpaired) electrons. The van der Waals surface area contributed by atoms with Crippen LogP contribution in [0.3, 0.4) is 0 Å². The highest BCUT2D eigenvalue weighted by molar-refractivity contribution is 5.79. The monoisotopic (exact) mass is 247 g/mol. The summed E-state index contributed by atoms with van der Waals surface area (Å²) in [4.78, 5) is 14.5. The normalized spacial score (nSPS) is 14.2. The lowest BCUT2D eigenvalue weighted by atomic mass is 10.1. The van der Waals surface area contributed by atoms with E-state index in [0.29, 0.717) is 6.04 Å². The van der Waals surface area contributed by atoms with E-state index in [-0.39, 0.29) is 5.69 Å². The average molecular weight is 247 g/mol. The molecule has 0 unspecified atom stereocenters. The van der Waals surface area contributed by atoms with Gasteiger partial charge in [0.05, 0.1) is 11.0 Å². The largest absolute Gasteiger partial charge is 0.328 e. The highest BCUT2D eigenvalue weighted by Gasteiger charge is 2.13. The molecule has 1 aromatic heterocycles. The number of benzene rings is 1. The Hall–Kier alpha value is -1.55. The van der Waals surface area contributed by atoms with E-state index in [0.717, 1.165) is 30.4 Å². The van der Waals surface area contributed by atoms with E-state index in [1.54, 1.807) is 0 Å². The number of nitrogens with zero attached hydrogens (tertiary/aromatic N) is 1. The molecule has 0 saturated carbocycles. The lowest BCUT2D eigenvalue weighted by Crippen LogP contribution is -2.16. The maximum Gasteiger partial charge on any atom is 0.326 e. The first-order valence-corrected chi connectivity index (χ1v) is 6.55. The minimum atomic E-state index is 0.0364. The van der Waals surface area contributed by atoms with Crippen LogP contribution in [-0.2, 0) is 13.0 Å². The van der Waals surface area contributed by atoms with Crippen molar-refractivity contribution in [2.24, 2.45) is 5.73 Å². The Labute approximate surface area is 107 Å². The Morgan fingerprint density at radius 2 is 2.06 bits per heavy atom. The Morgan fingerprint density at radius 1 is 1.33 bits per heavy atom. The summed E-state index contributed by atoms with van der Waals surface area (Å²) in [5.74, 6) is 0. The highest BCUT2D eigenvalue weighted by atomic mass is 16.1. The van der Waals surface area contributed by atoms with E-state index >= 15 is 0 Å². The molecule has 1 aliphatic rings. The van der Waals surface area contributed by atoms with Crippen molar-refractivity contribution in [1.29, 1.82) is 0 Å². The molecule has 3 rings (SSSR count). The van der Waals surface area contributed by atoms with Gasteiger partial charge in [-0.05, 0) is 36.9 Å². The maximum absolute atomic E-state index is 11.6. The van der Waals surface area contributed by atoms with Crippen LogP contribution in [0.25, 0.3) is 11.0 Å². The topological polar surface area (TPSA) is 63.8 Å². The molecule has 0 atom stereocenters. The summed E-state index contributed by atoms with van der Waals surface area (Å²) >= 11 is 0. The van der Waals surface area contributed by atoms with Crippen LogP contribution in [0.5, 0.6) is 0 Å². The number of rotatable bonds is 0. The second-order valence-electron chi connectivity index (χ2n) is 5.10. The molecule has 0 bridgehead atoms. The zero-order chi connectivity index (χ0) is 13.1. The van der Waals surface area contributed by atoms with E-state index in [1.807, 2.05) is 30.5 Å². The lowest BCUT2D eigenvalue weighted by molar-refractivity contribution is 0.626. The van der Waals surface area contributed by atoms with E-state index in [4.69, 9.17) is 5.73 Å². The molecule has 1 aliphatic heterocycles. The molecular formula is C14H21N3O. The van der Waals surface area contributed by atoms with Gasteiger partial charge in [-0.3, -0.25) is 4.57 Å². The molecule has 98 valence electrons. The van der Waals surface area contributed by atoms with Gasteiger partial charge in [-0.15, -0.1) is 0 Å². The number of H-pyrrole nitrogens is 1. The van der Waals surface area contributed by atoms with Crippen LogP contribution >= 0.6 is 0 Å². The van der Waals surface area contributed by atoms with Gasteiger partial charge in [0, 0.05) is 6.54 Å².